The van der Waals surface area contributed by atoms with E-state index in [2.05, 4.69) is 11.7 Å². The summed E-state index contributed by atoms with van der Waals surface area (Å²) in [6, 6.07) is 5.97. The van der Waals surface area contributed by atoms with E-state index < -0.39 is 23.7 Å². The van der Waals surface area contributed by atoms with Crippen molar-refractivity contribution in [1.82, 2.24) is 0 Å². The maximum atomic E-state index is 15.3. The average molecular weight is 479 g/mol. The maximum absolute atomic E-state index is 15.3. The van der Waals surface area contributed by atoms with E-state index in [0.29, 0.717) is 17.5 Å². The van der Waals surface area contributed by atoms with E-state index in [9.17, 15) is 17.6 Å². The van der Waals surface area contributed by atoms with E-state index in [1.54, 1.807) is 0 Å². The molecule has 0 radical (unpaired) electrons. The van der Waals surface area contributed by atoms with Crippen LogP contribution in [0.4, 0.5) is 22.0 Å². The molecule has 0 saturated heterocycles. The summed E-state index contributed by atoms with van der Waals surface area (Å²) in [5.41, 5.74) is 2.25. The first kappa shape index (κ1) is 24.7. The van der Waals surface area contributed by atoms with Crippen LogP contribution in [0.2, 0.25) is 0 Å². The van der Waals surface area contributed by atoms with Gasteiger partial charge in [-0.3, -0.25) is 0 Å². The minimum Gasteiger partial charge on any atom is -0.406 e. The number of ether oxygens (including phenoxy) is 1. The molecule has 0 atom stereocenters. The van der Waals surface area contributed by atoms with Crippen molar-refractivity contribution in [3.8, 4) is 16.9 Å². The number of rotatable bonds is 7. The summed E-state index contributed by atoms with van der Waals surface area (Å²) in [5, 5.41) is 0. The zero-order valence-electron chi connectivity index (χ0n) is 19.5. The van der Waals surface area contributed by atoms with E-state index in [0.717, 1.165) is 43.2 Å². The first-order valence-corrected chi connectivity index (χ1v) is 12.3. The van der Waals surface area contributed by atoms with Crippen molar-refractivity contribution in [3.05, 3.63) is 58.7 Å². The Kier molecular flexibility index (Phi) is 7.63. The molecule has 6 heteroatoms. The van der Waals surface area contributed by atoms with Gasteiger partial charge in [0.2, 0.25) is 0 Å². The molecule has 2 aliphatic carbocycles. The van der Waals surface area contributed by atoms with Crippen LogP contribution in [0.25, 0.3) is 17.2 Å². The Bertz CT molecular complexity index is 1010. The maximum Gasteiger partial charge on any atom is 0.573 e. The van der Waals surface area contributed by atoms with Crippen LogP contribution in [0.1, 0.15) is 75.8 Å². The lowest BCUT2D eigenvalue weighted by Gasteiger charge is -2.29. The van der Waals surface area contributed by atoms with Crippen molar-refractivity contribution in [1.29, 1.82) is 0 Å². The smallest absolute Gasteiger partial charge is 0.406 e. The van der Waals surface area contributed by atoms with E-state index in [1.807, 2.05) is 6.08 Å². The zero-order valence-corrected chi connectivity index (χ0v) is 19.5. The molecule has 0 unspecified atom stereocenters. The lowest BCUT2D eigenvalue weighted by Crippen LogP contribution is -2.17. The summed E-state index contributed by atoms with van der Waals surface area (Å²) in [6.45, 7) is 2.25. The van der Waals surface area contributed by atoms with Gasteiger partial charge in [0.25, 0.3) is 0 Å². The number of hydrogen-bond acceptors (Lipinski definition) is 1. The van der Waals surface area contributed by atoms with Crippen molar-refractivity contribution in [3.63, 3.8) is 0 Å². The molecule has 0 aromatic heterocycles. The molecule has 0 aliphatic heterocycles. The molecule has 0 N–H and O–H groups in total. The molecular weight excluding hydrogens is 447 g/mol. The Morgan fingerprint density at radius 3 is 2.18 bits per heavy atom. The van der Waals surface area contributed by atoms with Crippen LogP contribution in [0, 0.1) is 23.5 Å². The summed E-state index contributed by atoms with van der Waals surface area (Å²) in [7, 11) is 0. The Balaban J connectivity index is 1.45. The predicted octanol–water partition coefficient (Wildman–Crippen LogP) is 9.25. The van der Waals surface area contributed by atoms with Crippen LogP contribution in [-0.4, -0.2) is 6.36 Å². The molecule has 0 amide bonds. The summed E-state index contributed by atoms with van der Waals surface area (Å²) in [4.78, 5) is 0. The summed E-state index contributed by atoms with van der Waals surface area (Å²) in [5.74, 6) is -0.149. The second-order valence-corrected chi connectivity index (χ2v) is 9.70. The summed E-state index contributed by atoms with van der Waals surface area (Å²) >= 11 is 0. The second-order valence-electron chi connectivity index (χ2n) is 9.70. The fourth-order valence-electron chi connectivity index (χ4n) is 5.53. The molecular formula is C28H31F5O. The highest BCUT2D eigenvalue weighted by molar-refractivity contribution is 5.71. The molecule has 2 aromatic carbocycles. The fraction of sp³-hybridized carbons (Fsp3) is 0.500. The molecule has 0 bridgehead atoms. The predicted molar refractivity (Wildman–Crippen MR) is 124 cm³/mol. The number of halogens is 5. The second kappa shape index (κ2) is 10.5. The van der Waals surface area contributed by atoms with Gasteiger partial charge in [0, 0.05) is 0 Å². The highest BCUT2D eigenvalue weighted by Crippen LogP contribution is 2.38. The molecule has 1 saturated carbocycles. The first-order chi connectivity index (χ1) is 16.2. The molecule has 0 heterocycles. The lowest BCUT2D eigenvalue weighted by atomic mass is 9.77. The summed E-state index contributed by atoms with van der Waals surface area (Å²) < 4.78 is 71.2. The lowest BCUT2D eigenvalue weighted by molar-refractivity contribution is -0.274. The largest absolute Gasteiger partial charge is 0.573 e. The first-order valence-electron chi connectivity index (χ1n) is 12.3. The highest BCUT2D eigenvalue weighted by Gasteiger charge is 2.31. The highest BCUT2D eigenvalue weighted by atomic mass is 19.4. The van der Waals surface area contributed by atoms with Crippen molar-refractivity contribution in [2.24, 2.45) is 11.8 Å². The Morgan fingerprint density at radius 2 is 1.56 bits per heavy atom. The van der Waals surface area contributed by atoms with Gasteiger partial charge in [0.1, 0.15) is 17.4 Å². The third kappa shape index (κ3) is 6.00. The molecule has 0 spiro atoms. The normalized spacial score (nSPS) is 20.6. The molecule has 1 fully saturated rings. The minimum absolute atomic E-state index is 0.181. The molecule has 34 heavy (non-hydrogen) atoms. The minimum atomic E-state index is -4.82. The fourth-order valence-corrected chi connectivity index (χ4v) is 5.53. The van der Waals surface area contributed by atoms with Gasteiger partial charge in [-0.1, -0.05) is 69.2 Å². The SMILES string of the molecule is CCCC1CCC(CCC2=Cc3cc(F)c(-c4ccc(OC(F)(F)F)cc4)c(F)c3CC2)CC1. The number of hydrogen-bond donors (Lipinski definition) is 0. The van der Waals surface area contributed by atoms with Crippen molar-refractivity contribution in [2.75, 3.05) is 0 Å². The van der Waals surface area contributed by atoms with Crippen LogP contribution < -0.4 is 4.74 Å². The van der Waals surface area contributed by atoms with Crippen molar-refractivity contribution >= 4 is 6.08 Å². The van der Waals surface area contributed by atoms with Crippen LogP contribution in [0.5, 0.6) is 5.75 Å². The van der Waals surface area contributed by atoms with Crippen LogP contribution in [-0.2, 0) is 6.42 Å². The Labute approximate surface area is 198 Å². The quantitative estimate of drug-likeness (QED) is 0.360. The average Bonchev–Trinajstić information content (AvgIpc) is 2.79. The van der Waals surface area contributed by atoms with Gasteiger partial charge < -0.3 is 4.74 Å². The Morgan fingerprint density at radius 1 is 0.912 bits per heavy atom. The van der Waals surface area contributed by atoms with E-state index in [4.69, 9.17) is 0 Å². The molecule has 2 aromatic rings. The van der Waals surface area contributed by atoms with Gasteiger partial charge in [0.05, 0.1) is 5.56 Å². The molecule has 184 valence electrons. The monoisotopic (exact) mass is 478 g/mol. The van der Waals surface area contributed by atoms with Crippen LogP contribution in [0.15, 0.2) is 35.9 Å². The van der Waals surface area contributed by atoms with E-state index in [1.165, 1.54) is 62.3 Å². The van der Waals surface area contributed by atoms with Crippen molar-refractivity contribution < 1.29 is 26.7 Å². The third-order valence-corrected chi connectivity index (χ3v) is 7.32. The van der Waals surface area contributed by atoms with Gasteiger partial charge in [0.15, 0.2) is 0 Å². The molecule has 2 aliphatic rings. The van der Waals surface area contributed by atoms with Crippen LogP contribution >= 0.6 is 0 Å². The third-order valence-electron chi connectivity index (χ3n) is 7.32. The molecule has 4 rings (SSSR count). The van der Waals surface area contributed by atoms with Crippen molar-refractivity contribution in [2.45, 2.75) is 77.5 Å². The standard InChI is InChI=1S/C28H31F5O/c1-2-3-18-4-6-19(7-5-18)8-9-20-10-15-24-22(16-20)17-25(29)26(27(24)30)21-11-13-23(14-12-21)34-28(31,32)33/h11-14,16-19H,2-10,15H2,1H3. The summed E-state index contributed by atoms with van der Waals surface area (Å²) in [6.07, 6.45) is 8.27. The van der Waals surface area contributed by atoms with E-state index >= 15 is 4.39 Å². The Hall–Kier alpha value is -2.37. The molecule has 1 nitrogen and oxygen atoms in total. The number of fused-ring (bicyclic) bond motifs is 1. The van der Waals surface area contributed by atoms with Gasteiger partial charge in [-0.15, -0.1) is 13.2 Å². The van der Waals surface area contributed by atoms with Gasteiger partial charge >= 0.3 is 6.36 Å². The number of benzene rings is 2. The van der Waals surface area contributed by atoms with Gasteiger partial charge in [-0.25, -0.2) is 8.78 Å². The van der Waals surface area contributed by atoms with Gasteiger partial charge in [-0.05, 0) is 72.4 Å². The zero-order chi connectivity index (χ0) is 24.3. The number of alkyl halides is 3. The van der Waals surface area contributed by atoms with E-state index in [-0.39, 0.29) is 11.1 Å². The topological polar surface area (TPSA) is 9.23 Å². The van der Waals surface area contributed by atoms with Gasteiger partial charge in [-0.2, -0.15) is 0 Å². The number of allylic oxidation sites excluding steroid dienone is 1. The van der Waals surface area contributed by atoms with Crippen LogP contribution in [0.3, 0.4) is 0 Å².